The minimum atomic E-state index is -0.00693. The maximum atomic E-state index is 12.4. The van der Waals surface area contributed by atoms with Gasteiger partial charge in [-0.25, -0.2) is 0 Å². The van der Waals surface area contributed by atoms with Crippen molar-refractivity contribution in [3.05, 3.63) is 58.9 Å². The maximum Gasteiger partial charge on any atom is 0.268 e. The number of halogens is 1. The molecule has 25 heavy (non-hydrogen) atoms. The van der Waals surface area contributed by atoms with Gasteiger partial charge in [0.2, 0.25) is 0 Å². The molecular formula is C19H22ClN3O2. The van der Waals surface area contributed by atoms with E-state index >= 15 is 0 Å². The molecule has 5 nitrogen and oxygen atoms in total. The van der Waals surface area contributed by atoms with Crippen molar-refractivity contribution in [3.63, 3.8) is 0 Å². The van der Waals surface area contributed by atoms with Crippen LogP contribution >= 0.6 is 11.6 Å². The van der Waals surface area contributed by atoms with Crippen LogP contribution in [0.25, 0.3) is 0 Å². The highest BCUT2D eigenvalue weighted by Gasteiger charge is 2.38. The quantitative estimate of drug-likeness (QED) is 0.916. The molecular weight excluding hydrogens is 338 g/mol. The summed E-state index contributed by atoms with van der Waals surface area (Å²) < 4.78 is 7.91. The van der Waals surface area contributed by atoms with E-state index in [0.29, 0.717) is 18.3 Å². The minimum absolute atomic E-state index is 0.00693. The number of fused-ring (bicyclic) bond motifs is 1. The molecule has 4 rings (SSSR count). The molecule has 2 aromatic rings. The first-order valence-corrected chi connectivity index (χ1v) is 9.01. The summed E-state index contributed by atoms with van der Waals surface area (Å²) in [5.74, 6) is -0.00693. The molecule has 3 heterocycles. The van der Waals surface area contributed by atoms with E-state index in [1.54, 1.807) is 0 Å². The van der Waals surface area contributed by atoms with Crippen molar-refractivity contribution in [1.29, 1.82) is 0 Å². The molecule has 1 amide bonds. The summed E-state index contributed by atoms with van der Waals surface area (Å²) in [6.07, 6.45) is 2.89. The average Bonchev–Trinajstić information content (AvgIpc) is 3.20. The first-order chi connectivity index (χ1) is 12.1. The topological polar surface area (TPSA) is 46.5 Å². The first kappa shape index (κ1) is 16.6. The molecule has 0 saturated carbocycles. The van der Waals surface area contributed by atoms with Crippen LogP contribution in [-0.4, -0.2) is 47.2 Å². The second-order valence-electron chi connectivity index (χ2n) is 6.89. The number of nitrogens with one attached hydrogen (secondary N) is 1. The molecule has 2 aliphatic heterocycles. The molecule has 3 atom stereocenters. The summed E-state index contributed by atoms with van der Waals surface area (Å²) in [6, 6.07) is 12.1. The number of aryl methyl sites for hydroxylation is 1. The van der Waals surface area contributed by atoms with Gasteiger partial charge in [-0.1, -0.05) is 23.7 Å². The number of amides is 1. The molecule has 1 N–H and O–H groups in total. The molecule has 6 heteroatoms. The van der Waals surface area contributed by atoms with Gasteiger partial charge in [-0.2, -0.15) is 0 Å². The van der Waals surface area contributed by atoms with Gasteiger partial charge >= 0.3 is 0 Å². The number of nitrogens with zero attached hydrogens (tertiary/aromatic N) is 2. The van der Waals surface area contributed by atoms with E-state index < -0.39 is 0 Å². The summed E-state index contributed by atoms with van der Waals surface area (Å²) in [5, 5.41) is 3.90. The third-order valence-electron chi connectivity index (χ3n) is 5.17. The summed E-state index contributed by atoms with van der Waals surface area (Å²) in [5.41, 5.74) is 1.85. The van der Waals surface area contributed by atoms with Crippen molar-refractivity contribution in [1.82, 2.24) is 14.8 Å². The van der Waals surface area contributed by atoms with Crippen LogP contribution in [0.4, 0.5) is 0 Å². The van der Waals surface area contributed by atoms with E-state index in [1.165, 1.54) is 0 Å². The molecule has 0 radical (unpaired) electrons. The predicted molar refractivity (Wildman–Crippen MR) is 96.8 cm³/mol. The second-order valence-corrected chi connectivity index (χ2v) is 7.33. The number of aromatic nitrogens is 1. The van der Waals surface area contributed by atoms with Gasteiger partial charge in [-0.05, 0) is 36.2 Å². The Kier molecular flexibility index (Phi) is 4.54. The Hall–Kier alpha value is -1.82. The van der Waals surface area contributed by atoms with Crippen LogP contribution in [0.2, 0.25) is 5.02 Å². The van der Waals surface area contributed by atoms with E-state index in [-0.39, 0.29) is 18.1 Å². The highest BCUT2D eigenvalue weighted by molar-refractivity contribution is 6.30. The fraction of sp³-hybridized carbons (Fsp3) is 0.421. The molecule has 0 aliphatic carbocycles. The van der Waals surface area contributed by atoms with Crippen molar-refractivity contribution < 1.29 is 9.53 Å². The number of benzene rings is 1. The minimum Gasteiger partial charge on any atom is -0.371 e. The monoisotopic (exact) mass is 359 g/mol. The van der Waals surface area contributed by atoms with Gasteiger partial charge < -0.3 is 14.6 Å². The Balaban J connectivity index is 1.38. The molecule has 2 saturated heterocycles. The number of carbonyl (C=O) groups excluding carboxylic acids is 1. The van der Waals surface area contributed by atoms with Crippen LogP contribution < -0.4 is 5.32 Å². The van der Waals surface area contributed by atoms with Crippen LogP contribution in [0.5, 0.6) is 0 Å². The number of hydrogen-bond donors (Lipinski definition) is 1. The maximum absolute atomic E-state index is 12.4. The number of morpholine rings is 1. The van der Waals surface area contributed by atoms with Gasteiger partial charge in [0.25, 0.3) is 5.91 Å². The highest BCUT2D eigenvalue weighted by atomic mass is 35.5. The zero-order chi connectivity index (χ0) is 17.4. The zero-order valence-corrected chi connectivity index (χ0v) is 14.9. The SMILES string of the molecule is Cn1cccc1C(=O)N[C@H]1C[C@H]2CO[C@@H](c3ccc(Cl)cc3)CN2C1. The fourth-order valence-electron chi connectivity index (χ4n) is 3.81. The van der Waals surface area contributed by atoms with Gasteiger partial charge in [0.05, 0.1) is 12.7 Å². The Bertz CT molecular complexity index is 758. The lowest BCUT2D eigenvalue weighted by molar-refractivity contribution is -0.0502. The van der Waals surface area contributed by atoms with Crippen molar-refractivity contribution in [2.24, 2.45) is 7.05 Å². The fourth-order valence-corrected chi connectivity index (χ4v) is 3.94. The summed E-state index contributed by atoms with van der Waals surface area (Å²) in [4.78, 5) is 14.8. The van der Waals surface area contributed by atoms with Crippen molar-refractivity contribution in [3.8, 4) is 0 Å². The number of rotatable bonds is 3. The predicted octanol–water partition coefficient (Wildman–Crippen LogP) is 2.62. The van der Waals surface area contributed by atoms with Crippen LogP contribution in [0.3, 0.4) is 0 Å². The van der Waals surface area contributed by atoms with Crippen molar-refractivity contribution >= 4 is 17.5 Å². The Morgan fingerprint density at radius 3 is 2.76 bits per heavy atom. The van der Waals surface area contributed by atoms with E-state index in [2.05, 4.69) is 10.2 Å². The van der Waals surface area contributed by atoms with E-state index in [1.807, 2.05) is 54.2 Å². The van der Waals surface area contributed by atoms with Crippen LogP contribution in [0.1, 0.15) is 28.6 Å². The van der Waals surface area contributed by atoms with Crippen molar-refractivity contribution in [2.75, 3.05) is 19.7 Å². The molecule has 1 aromatic heterocycles. The molecule has 0 spiro atoms. The molecule has 1 aromatic carbocycles. The summed E-state index contributed by atoms with van der Waals surface area (Å²) in [7, 11) is 1.89. The molecule has 2 fully saturated rings. The lowest BCUT2D eigenvalue weighted by atomic mass is 10.1. The lowest BCUT2D eigenvalue weighted by Crippen LogP contribution is -2.43. The smallest absolute Gasteiger partial charge is 0.268 e. The van der Waals surface area contributed by atoms with E-state index in [0.717, 1.165) is 30.1 Å². The van der Waals surface area contributed by atoms with Gasteiger partial charge in [-0.3, -0.25) is 9.69 Å². The van der Waals surface area contributed by atoms with E-state index in [9.17, 15) is 4.79 Å². The molecule has 2 aliphatic rings. The Morgan fingerprint density at radius 2 is 2.04 bits per heavy atom. The Morgan fingerprint density at radius 1 is 1.24 bits per heavy atom. The molecule has 132 valence electrons. The highest BCUT2D eigenvalue weighted by Crippen LogP contribution is 2.30. The van der Waals surface area contributed by atoms with Crippen molar-refractivity contribution in [2.45, 2.75) is 24.6 Å². The van der Waals surface area contributed by atoms with Gasteiger partial charge in [0.1, 0.15) is 5.69 Å². The number of carbonyl (C=O) groups is 1. The van der Waals surface area contributed by atoms with E-state index in [4.69, 9.17) is 16.3 Å². The average molecular weight is 360 g/mol. The van der Waals surface area contributed by atoms with Gasteiger partial charge in [0.15, 0.2) is 0 Å². The van der Waals surface area contributed by atoms with Crippen LogP contribution in [0, 0.1) is 0 Å². The normalized spacial score (nSPS) is 26.4. The third kappa shape index (κ3) is 3.45. The van der Waals surface area contributed by atoms with Gasteiger partial charge in [0, 0.05) is 43.4 Å². The van der Waals surface area contributed by atoms with Crippen LogP contribution in [-0.2, 0) is 11.8 Å². The third-order valence-corrected chi connectivity index (χ3v) is 5.42. The standard InChI is InChI=1S/C19H22ClN3O2/c1-22-8-2-3-17(22)19(24)21-15-9-16-12-25-18(11-23(16)10-15)13-4-6-14(20)7-5-13/h2-8,15-16,18H,9-12H2,1H3,(H,21,24)/t15-,16-,18+/m0/s1. The van der Waals surface area contributed by atoms with Crippen LogP contribution in [0.15, 0.2) is 42.6 Å². The zero-order valence-electron chi connectivity index (χ0n) is 14.2. The first-order valence-electron chi connectivity index (χ1n) is 8.63. The second kappa shape index (κ2) is 6.83. The number of ether oxygens (including phenoxy) is 1. The largest absolute Gasteiger partial charge is 0.371 e. The summed E-state index contributed by atoms with van der Waals surface area (Å²) in [6.45, 7) is 2.42. The number of hydrogen-bond acceptors (Lipinski definition) is 3. The summed E-state index contributed by atoms with van der Waals surface area (Å²) >= 11 is 5.97. The van der Waals surface area contributed by atoms with Gasteiger partial charge in [-0.15, -0.1) is 0 Å². The lowest BCUT2D eigenvalue weighted by Gasteiger charge is -2.35. The molecule has 0 unspecified atom stereocenters. The molecule has 0 bridgehead atoms. The Labute approximate surface area is 152 Å².